The lowest BCUT2D eigenvalue weighted by Gasteiger charge is -2.33. The third kappa shape index (κ3) is 2.20. The maximum absolute atomic E-state index is 12.1. The Labute approximate surface area is 128 Å². The Bertz CT molecular complexity index is 526. The van der Waals surface area contributed by atoms with E-state index in [1.54, 1.807) is 0 Å². The molecule has 20 heavy (non-hydrogen) atoms. The summed E-state index contributed by atoms with van der Waals surface area (Å²) in [4.78, 5) is 14.2. The highest BCUT2D eigenvalue weighted by molar-refractivity contribution is 9.10. The Morgan fingerprint density at radius 3 is 2.40 bits per heavy atom. The fourth-order valence-corrected chi connectivity index (χ4v) is 4.09. The molecular formula is C17H20BrNO. The quantitative estimate of drug-likeness (QED) is 0.802. The van der Waals surface area contributed by atoms with Crippen LogP contribution in [0.4, 0.5) is 0 Å². The van der Waals surface area contributed by atoms with Crippen LogP contribution >= 0.6 is 15.9 Å². The highest BCUT2D eigenvalue weighted by atomic mass is 79.9. The van der Waals surface area contributed by atoms with Crippen molar-refractivity contribution in [2.24, 2.45) is 11.3 Å². The molecule has 0 bridgehead atoms. The van der Waals surface area contributed by atoms with Crippen molar-refractivity contribution >= 4 is 21.8 Å². The molecule has 1 aromatic rings. The van der Waals surface area contributed by atoms with E-state index in [-0.39, 0.29) is 0 Å². The van der Waals surface area contributed by atoms with Gasteiger partial charge in [0.05, 0.1) is 0 Å². The topological polar surface area (TPSA) is 20.3 Å². The van der Waals surface area contributed by atoms with Crippen LogP contribution in [0.3, 0.4) is 0 Å². The van der Waals surface area contributed by atoms with Crippen molar-refractivity contribution in [2.45, 2.75) is 38.0 Å². The molecule has 1 amide bonds. The molecule has 1 heterocycles. The number of nitrogens with zero attached hydrogens (tertiary/aromatic N) is 1. The molecule has 3 heteroatoms. The van der Waals surface area contributed by atoms with E-state index in [1.807, 2.05) is 0 Å². The van der Waals surface area contributed by atoms with Gasteiger partial charge in [0, 0.05) is 23.5 Å². The fourth-order valence-electron chi connectivity index (χ4n) is 3.83. The molecule has 2 nitrogen and oxygen atoms in total. The van der Waals surface area contributed by atoms with Crippen LogP contribution in [0.1, 0.15) is 43.6 Å². The van der Waals surface area contributed by atoms with Crippen LogP contribution in [0.5, 0.6) is 0 Å². The number of rotatable bonds is 2. The smallest absolute Gasteiger partial charge is 0.225 e. The van der Waals surface area contributed by atoms with Gasteiger partial charge in [-0.15, -0.1) is 0 Å². The summed E-state index contributed by atoms with van der Waals surface area (Å²) >= 11 is 3.50. The second-order valence-corrected chi connectivity index (χ2v) is 7.69. The summed E-state index contributed by atoms with van der Waals surface area (Å²) in [6.45, 7) is 1.98. The largest absolute Gasteiger partial charge is 0.342 e. The normalized spacial score (nSPS) is 27.6. The number of piperidine rings is 1. The van der Waals surface area contributed by atoms with Gasteiger partial charge in [0.2, 0.25) is 5.91 Å². The first-order valence-electron chi connectivity index (χ1n) is 7.72. The van der Waals surface area contributed by atoms with Gasteiger partial charge in [0.1, 0.15) is 0 Å². The molecule has 2 aliphatic carbocycles. The summed E-state index contributed by atoms with van der Waals surface area (Å²) < 4.78 is 1.15. The summed E-state index contributed by atoms with van der Waals surface area (Å²) in [5.74, 6) is 1.54. The lowest BCUT2D eigenvalue weighted by molar-refractivity contribution is -0.134. The molecular weight excluding hydrogens is 314 g/mol. The first-order valence-corrected chi connectivity index (χ1v) is 8.51. The average Bonchev–Trinajstić information content (AvgIpc) is 3.36. The maximum atomic E-state index is 12.1. The lowest BCUT2D eigenvalue weighted by Crippen LogP contribution is -2.40. The Morgan fingerprint density at radius 1 is 1.15 bits per heavy atom. The molecule has 0 radical (unpaired) electrons. The molecule has 2 saturated carbocycles. The minimum Gasteiger partial charge on any atom is -0.342 e. The SMILES string of the molecule is O=C(C1CC1)N1CCC2(CC1)CC2c1ccc(Br)cc1. The zero-order chi connectivity index (χ0) is 13.7. The number of hydrogen-bond acceptors (Lipinski definition) is 1. The van der Waals surface area contributed by atoms with Crippen LogP contribution in [-0.2, 0) is 4.79 Å². The molecule has 3 fully saturated rings. The third-order valence-electron chi connectivity index (χ3n) is 5.46. The summed E-state index contributed by atoms with van der Waals surface area (Å²) in [5.41, 5.74) is 1.99. The molecule has 1 saturated heterocycles. The van der Waals surface area contributed by atoms with Gasteiger partial charge in [-0.3, -0.25) is 4.79 Å². The number of likely N-dealkylation sites (tertiary alicyclic amines) is 1. The average molecular weight is 334 g/mol. The van der Waals surface area contributed by atoms with Crippen molar-refractivity contribution in [1.82, 2.24) is 4.90 Å². The highest BCUT2D eigenvalue weighted by Crippen LogP contribution is 2.65. The third-order valence-corrected chi connectivity index (χ3v) is 5.99. The van der Waals surface area contributed by atoms with Crippen LogP contribution in [0.15, 0.2) is 28.7 Å². The number of amides is 1. The highest BCUT2D eigenvalue weighted by Gasteiger charge is 2.55. The van der Waals surface area contributed by atoms with E-state index in [9.17, 15) is 4.79 Å². The minimum absolute atomic E-state index is 0.380. The predicted octanol–water partition coefficient (Wildman–Crippen LogP) is 3.96. The second-order valence-electron chi connectivity index (χ2n) is 6.77. The number of benzene rings is 1. The van der Waals surface area contributed by atoms with Gasteiger partial charge in [-0.2, -0.15) is 0 Å². The summed E-state index contributed by atoms with van der Waals surface area (Å²) in [6.07, 6.45) is 5.97. The van der Waals surface area contributed by atoms with E-state index in [1.165, 1.54) is 24.8 Å². The van der Waals surface area contributed by atoms with Gasteiger partial charge >= 0.3 is 0 Å². The van der Waals surface area contributed by atoms with Crippen LogP contribution in [-0.4, -0.2) is 23.9 Å². The van der Waals surface area contributed by atoms with Crippen LogP contribution in [0.2, 0.25) is 0 Å². The van der Waals surface area contributed by atoms with Gasteiger partial charge in [0.15, 0.2) is 0 Å². The van der Waals surface area contributed by atoms with E-state index in [2.05, 4.69) is 45.1 Å². The van der Waals surface area contributed by atoms with Crippen molar-refractivity contribution in [3.63, 3.8) is 0 Å². The molecule has 0 N–H and O–H groups in total. The molecule has 3 aliphatic rings. The van der Waals surface area contributed by atoms with Crippen molar-refractivity contribution in [3.8, 4) is 0 Å². The lowest BCUT2D eigenvalue weighted by atomic mass is 9.88. The maximum Gasteiger partial charge on any atom is 0.225 e. The summed E-state index contributed by atoms with van der Waals surface area (Å²) in [6, 6.07) is 8.80. The molecule has 0 aromatic heterocycles. The zero-order valence-electron chi connectivity index (χ0n) is 11.6. The Hall–Kier alpha value is -0.830. The van der Waals surface area contributed by atoms with Crippen molar-refractivity contribution in [1.29, 1.82) is 0 Å². The summed E-state index contributed by atoms with van der Waals surface area (Å²) in [5, 5.41) is 0. The van der Waals surface area contributed by atoms with E-state index < -0.39 is 0 Å². The Balaban J connectivity index is 1.40. The van der Waals surface area contributed by atoms with E-state index in [0.29, 0.717) is 17.2 Å². The van der Waals surface area contributed by atoms with E-state index in [4.69, 9.17) is 0 Å². The first-order chi connectivity index (χ1) is 9.68. The number of carbonyl (C=O) groups is 1. The molecule has 106 valence electrons. The van der Waals surface area contributed by atoms with Gasteiger partial charge < -0.3 is 4.90 Å². The van der Waals surface area contributed by atoms with Crippen LogP contribution in [0, 0.1) is 11.3 Å². The van der Waals surface area contributed by atoms with Crippen LogP contribution < -0.4 is 0 Å². The van der Waals surface area contributed by atoms with Crippen molar-refractivity contribution < 1.29 is 4.79 Å². The van der Waals surface area contributed by atoms with Crippen molar-refractivity contribution in [3.05, 3.63) is 34.3 Å². The molecule has 1 aromatic carbocycles. The summed E-state index contributed by atoms with van der Waals surface area (Å²) in [7, 11) is 0. The van der Waals surface area contributed by atoms with Gasteiger partial charge in [-0.25, -0.2) is 0 Å². The second kappa shape index (κ2) is 4.59. The molecule has 1 spiro atoms. The predicted molar refractivity (Wildman–Crippen MR) is 82.5 cm³/mol. The van der Waals surface area contributed by atoms with Crippen LogP contribution in [0.25, 0.3) is 0 Å². The van der Waals surface area contributed by atoms with Gasteiger partial charge in [0.25, 0.3) is 0 Å². The zero-order valence-corrected chi connectivity index (χ0v) is 13.2. The van der Waals surface area contributed by atoms with Gasteiger partial charge in [-0.1, -0.05) is 28.1 Å². The van der Waals surface area contributed by atoms with E-state index in [0.717, 1.165) is 36.3 Å². The monoisotopic (exact) mass is 333 g/mol. The number of halogens is 1. The van der Waals surface area contributed by atoms with E-state index >= 15 is 0 Å². The van der Waals surface area contributed by atoms with Gasteiger partial charge in [-0.05, 0) is 61.1 Å². The fraction of sp³-hybridized carbons (Fsp3) is 0.588. The standard InChI is InChI=1S/C17H20BrNO/c18-14-5-3-12(4-6-14)15-11-17(15)7-9-19(10-8-17)16(20)13-1-2-13/h3-6,13,15H,1-2,7-11H2. The molecule has 1 atom stereocenters. The Kier molecular flexibility index (Phi) is 2.95. The molecule has 4 rings (SSSR count). The van der Waals surface area contributed by atoms with Crippen molar-refractivity contribution in [2.75, 3.05) is 13.1 Å². The molecule has 1 unspecified atom stereocenters. The first kappa shape index (κ1) is 12.9. The number of carbonyl (C=O) groups excluding carboxylic acids is 1. The molecule has 1 aliphatic heterocycles. The number of hydrogen-bond donors (Lipinski definition) is 0. The minimum atomic E-state index is 0.380. The Morgan fingerprint density at radius 2 is 1.80 bits per heavy atom.